The van der Waals surface area contributed by atoms with Gasteiger partial charge in [-0.2, -0.15) is 4.31 Å². The summed E-state index contributed by atoms with van der Waals surface area (Å²) in [7, 11) is -3.39. The molecule has 1 aromatic rings. The minimum absolute atomic E-state index is 0.189. The zero-order valence-electron chi connectivity index (χ0n) is 9.39. The van der Waals surface area contributed by atoms with Crippen molar-refractivity contribution < 1.29 is 8.42 Å². The van der Waals surface area contributed by atoms with Crippen molar-refractivity contribution >= 4 is 21.4 Å². The van der Waals surface area contributed by atoms with Crippen LogP contribution in [-0.4, -0.2) is 31.9 Å². The van der Waals surface area contributed by atoms with Gasteiger partial charge < -0.3 is 11.1 Å². The number of nitrogens with zero attached hydrogens (tertiary/aromatic N) is 1. The quantitative estimate of drug-likeness (QED) is 0.727. The predicted molar refractivity (Wildman–Crippen MR) is 66.3 cm³/mol. The molecule has 1 heterocycles. The Bertz CT molecular complexity index is 552. The summed E-state index contributed by atoms with van der Waals surface area (Å²) < 4.78 is 26.6. The van der Waals surface area contributed by atoms with E-state index in [1.807, 2.05) is 0 Å². The molecule has 3 rings (SSSR count). The second-order valence-corrected chi connectivity index (χ2v) is 6.39. The number of sulfonamides is 1. The maximum absolute atomic E-state index is 12.5. The van der Waals surface area contributed by atoms with Gasteiger partial charge in [-0.25, -0.2) is 8.42 Å². The number of hydrogen-bond donors (Lipinski definition) is 2. The second kappa shape index (κ2) is 3.61. The Morgan fingerprint density at radius 1 is 1.35 bits per heavy atom. The molecule has 0 radical (unpaired) electrons. The molecule has 0 saturated heterocycles. The van der Waals surface area contributed by atoms with E-state index in [-0.39, 0.29) is 6.04 Å². The van der Waals surface area contributed by atoms with Crippen molar-refractivity contribution in [1.29, 1.82) is 0 Å². The molecule has 5 nitrogen and oxygen atoms in total. The van der Waals surface area contributed by atoms with Gasteiger partial charge in [-0.05, 0) is 31.0 Å². The third-order valence-corrected chi connectivity index (χ3v) is 5.19. The highest BCUT2D eigenvalue weighted by Crippen LogP contribution is 2.36. The van der Waals surface area contributed by atoms with Gasteiger partial charge in [0.25, 0.3) is 0 Å². The highest BCUT2D eigenvalue weighted by molar-refractivity contribution is 7.89. The first-order valence-corrected chi connectivity index (χ1v) is 7.18. The van der Waals surface area contributed by atoms with Gasteiger partial charge in [0.1, 0.15) is 4.90 Å². The van der Waals surface area contributed by atoms with E-state index < -0.39 is 10.0 Å². The van der Waals surface area contributed by atoms with Gasteiger partial charge in [0.05, 0.1) is 5.69 Å². The average molecular weight is 253 g/mol. The molecule has 92 valence electrons. The lowest BCUT2D eigenvalue weighted by Gasteiger charge is -2.19. The van der Waals surface area contributed by atoms with Gasteiger partial charge in [-0.15, -0.1) is 0 Å². The van der Waals surface area contributed by atoms with E-state index in [4.69, 9.17) is 5.73 Å². The summed E-state index contributed by atoms with van der Waals surface area (Å²) in [5, 5.41) is 3.14. The van der Waals surface area contributed by atoms with Crippen molar-refractivity contribution in [2.45, 2.75) is 23.8 Å². The molecule has 0 unspecified atom stereocenters. The average Bonchev–Trinajstić information content (AvgIpc) is 3.08. The molecule has 0 spiro atoms. The molecule has 1 fully saturated rings. The first kappa shape index (κ1) is 10.9. The van der Waals surface area contributed by atoms with Gasteiger partial charge in [-0.3, -0.25) is 0 Å². The van der Waals surface area contributed by atoms with Crippen molar-refractivity contribution in [3.05, 3.63) is 18.2 Å². The first-order valence-electron chi connectivity index (χ1n) is 5.74. The van der Waals surface area contributed by atoms with Crippen LogP contribution in [0.5, 0.6) is 0 Å². The Hall–Kier alpha value is -1.27. The number of nitrogens with one attached hydrogen (secondary N) is 1. The van der Waals surface area contributed by atoms with Crippen LogP contribution in [0.1, 0.15) is 12.8 Å². The highest BCUT2D eigenvalue weighted by Gasteiger charge is 2.39. The van der Waals surface area contributed by atoms with Crippen molar-refractivity contribution in [2.75, 3.05) is 24.1 Å². The maximum atomic E-state index is 12.5. The first-order chi connectivity index (χ1) is 8.09. The van der Waals surface area contributed by atoms with E-state index in [1.54, 1.807) is 22.5 Å². The number of benzene rings is 1. The van der Waals surface area contributed by atoms with Crippen LogP contribution in [0, 0.1) is 0 Å². The van der Waals surface area contributed by atoms with E-state index in [9.17, 15) is 8.42 Å². The monoisotopic (exact) mass is 253 g/mol. The smallest absolute Gasteiger partial charge is 0.245 e. The van der Waals surface area contributed by atoms with Gasteiger partial charge in [-0.1, -0.05) is 0 Å². The SMILES string of the molecule is Nc1ccc2c(c1)S(=O)(=O)N(C1CC1)CCN2. The Morgan fingerprint density at radius 3 is 2.82 bits per heavy atom. The molecule has 3 N–H and O–H groups in total. The number of nitrogen functional groups attached to an aromatic ring is 1. The maximum Gasteiger partial charge on any atom is 0.245 e. The summed E-state index contributed by atoms with van der Waals surface area (Å²) in [6.07, 6.45) is 1.94. The fourth-order valence-electron chi connectivity index (χ4n) is 2.19. The molecule has 0 bridgehead atoms. The molecule has 0 amide bonds. The number of anilines is 2. The summed E-state index contributed by atoms with van der Waals surface area (Å²) in [6, 6.07) is 5.18. The lowest BCUT2D eigenvalue weighted by molar-refractivity contribution is 0.419. The third-order valence-electron chi connectivity index (χ3n) is 3.19. The van der Waals surface area contributed by atoms with Crippen LogP contribution in [0.3, 0.4) is 0 Å². The van der Waals surface area contributed by atoms with Gasteiger partial charge in [0.2, 0.25) is 10.0 Å². The van der Waals surface area contributed by atoms with E-state index in [0.717, 1.165) is 12.8 Å². The molecule has 1 aliphatic carbocycles. The number of fused-ring (bicyclic) bond motifs is 1. The zero-order valence-corrected chi connectivity index (χ0v) is 10.2. The molecule has 6 heteroatoms. The Kier molecular flexibility index (Phi) is 2.31. The summed E-state index contributed by atoms with van der Waals surface area (Å²) in [4.78, 5) is 0.307. The summed E-state index contributed by atoms with van der Waals surface area (Å²) >= 11 is 0. The summed E-state index contributed by atoms with van der Waals surface area (Å²) in [6.45, 7) is 1.17. The number of nitrogens with two attached hydrogens (primary N) is 1. The Labute approximate surface area is 101 Å². The predicted octanol–water partition coefficient (Wildman–Crippen LogP) is 0.847. The summed E-state index contributed by atoms with van der Waals surface area (Å²) in [5.41, 5.74) is 6.81. The standard InChI is InChI=1S/C11H15N3O2S/c12-8-1-4-10-11(7-8)17(15,16)14(6-5-13-10)9-2-3-9/h1,4,7,9,13H,2-3,5-6,12H2. The molecule has 1 aliphatic heterocycles. The minimum atomic E-state index is -3.39. The molecule has 1 saturated carbocycles. The van der Waals surface area contributed by atoms with E-state index in [2.05, 4.69) is 5.32 Å². The van der Waals surface area contributed by atoms with Crippen LogP contribution in [0.2, 0.25) is 0 Å². The Balaban J connectivity index is 2.14. The van der Waals surface area contributed by atoms with Crippen LogP contribution in [0.15, 0.2) is 23.1 Å². The van der Waals surface area contributed by atoms with Crippen LogP contribution in [0.4, 0.5) is 11.4 Å². The third kappa shape index (κ3) is 1.77. The number of rotatable bonds is 1. The van der Waals surface area contributed by atoms with E-state index >= 15 is 0 Å². The fraction of sp³-hybridized carbons (Fsp3) is 0.455. The van der Waals surface area contributed by atoms with E-state index in [0.29, 0.717) is 29.4 Å². The normalized spacial score (nSPS) is 23.5. The van der Waals surface area contributed by atoms with Crippen molar-refractivity contribution in [2.24, 2.45) is 0 Å². The highest BCUT2D eigenvalue weighted by atomic mass is 32.2. The fourth-order valence-corrected chi connectivity index (χ4v) is 4.08. The lowest BCUT2D eigenvalue weighted by atomic mass is 10.3. The van der Waals surface area contributed by atoms with Gasteiger partial charge >= 0.3 is 0 Å². The van der Waals surface area contributed by atoms with E-state index in [1.165, 1.54) is 0 Å². The topological polar surface area (TPSA) is 75.4 Å². The van der Waals surface area contributed by atoms with Crippen molar-refractivity contribution in [3.8, 4) is 0 Å². The minimum Gasteiger partial charge on any atom is -0.399 e. The Morgan fingerprint density at radius 2 is 2.12 bits per heavy atom. The molecule has 0 atom stereocenters. The lowest BCUT2D eigenvalue weighted by Crippen LogP contribution is -2.34. The molecular formula is C11H15N3O2S. The molecule has 0 aromatic heterocycles. The van der Waals surface area contributed by atoms with Gasteiger partial charge in [0, 0.05) is 24.8 Å². The number of hydrogen-bond acceptors (Lipinski definition) is 4. The van der Waals surface area contributed by atoms with Crippen molar-refractivity contribution in [3.63, 3.8) is 0 Å². The molecule has 17 heavy (non-hydrogen) atoms. The van der Waals surface area contributed by atoms with Crippen LogP contribution in [-0.2, 0) is 10.0 Å². The molecule has 2 aliphatic rings. The van der Waals surface area contributed by atoms with Crippen molar-refractivity contribution in [1.82, 2.24) is 4.31 Å². The zero-order chi connectivity index (χ0) is 12.0. The molecular weight excluding hydrogens is 238 g/mol. The van der Waals surface area contributed by atoms with Gasteiger partial charge in [0.15, 0.2) is 0 Å². The summed E-state index contributed by atoms with van der Waals surface area (Å²) in [5.74, 6) is 0. The second-order valence-electron chi connectivity index (χ2n) is 4.53. The molecule has 1 aromatic carbocycles. The van der Waals surface area contributed by atoms with Crippen LogP contribution in [0.25, 0.3) is 0 Å². The van der Waals surface area contributed by atoms with Crippen LogP contribution < -0.4 is 11.1 Å². The van der Waals surface area contributed by atoms with Crippen LogP contribution >= 0.6 is 0 Å². The largest absolute Gasteiger partial charge is 0.399 e.